The Bertz CT molecular complexity index is 1170. The zero-order valence-electron chi connectivity index (χ0n) is 16.7. The van der Waals surface area contributed by atoms with E-state index < -0.39 is 47.9 Å². The maximum atomic E-state index is 13.1. The Morgan fingerprint density at radius 1 is 1.12 bits per heavy atom. The second kappa shape index (κ2) is 9.90. The average Bonchev–Trinajstić information content (AvgIpc) is 3.14. The Morgan fingerprint density at radius 2 is 1.76 bits per heavy atom. The third-order valence-corrected chi connectivity index (χ3v) is 4.50. The number of halogens is 8. The van der Waals surface area contributed by atoms with E-state index in [9.17, 15) is 35.5 Å². The average molecular weight is 557 g/mol. The van der Waals surface area contributed by atoms with Crippen LogP contribution in [0.3, 0.4) is 0 Å². The minimum atomic E-state index is -4.95. The van der Waals surface area contributed by atoms with E-state index in [0.29, 0.717) is 12.1 Å². The van der Waals surface area contributed by atoms with E-state index in [-0.39, 0.29) is 28.3 Å². The largest absolute Gasteiger partial charge is 0.432 e. The number of carbonyl (C=O) groups is 1. The van der Waals surface area contributed by atoms with Crippen LogP contribution in [0.15, 0.2) is 35.3 Å². The van der Waals surface area contributed by atoms with Crippen molar-refractivity contribution in [2.45, 2.75) is 32.2 Å². The lowest BCUT2D eigenvalue weighted by Crippen LogP contribution is -2.29. The van der Waals surface area contributed by atoms with Crippen LogP contribution >= 0.6 is 15.9 Å². The predicted molar refractivity (Wildman–Crippen MR) is 104 cm³/mol. The van der Waals surface area contributed by atoms with Crippen LogP contribution in [0.4, 0.5) is 30.7 Å². The molecule has 0 aliphatic rings. The molecule has 1 aromatic carbocycles. The van der Waals surface area contributed by atoms with E-state index in [4.69, 9.17) is 0 Å². The first-order chi connectivity index (χ1) is 15.8. The number of nitrogens with one attached hydrogen (secondary N) is 1. The number of amides is 1. The first-order valence-electron chi connectivity index (χ1n) is 9.06. The highest BCUT2D eigenvalue weighted by atomic mass is 79.9. The summed E-state index contributed by atoms with van der Waals surface area (Å²) in [4.78, 5) is 24.2. The van der Waals surface area contributed by atoms with Crippen LogP contribution in [0, 0.1) is 0 Å². The summed E-state index contributed by atoms with van der Waals surface area (Å²) in [6, 6.07) is 0.320. The highest BCUT2D eigenvalue weighted by molar-refractivity contribution is 9.10. The van der Waals surface area contributed by atoms with Crippen molar-refractivity contribution in [3.63, 3.8) is 0 Å². The summed E-state index contributed by atoms with van der Waals surface area (Å²) >= 11 is 3.02. The molecule has 0 bridgehead atoms. The highest BCUT2D eigenvalue weighted by Gasteiger charge is 2.33. The summed E-state index contributed by atoms with van der Waals surface area (Å²) in [5.41, 5.74) is -3.03. The van der Waals surface area contributed by atoms with Crippen molar-refractivity contribution in [1.82, 2.24) is 30.0 Å². The van der Waals surface area contributed by atoms with Crippen molar-refractivity contribution in [3.8, 4) is 11.7 Å². The van der Waals surface area contributed by atoms with Gasteiger partial charge in [-0.3, -0.25) is 4.79 Å². The summed E-state index contributed by atoms with van der Waals surface area (Å²) < 4.78 is 95.1. The first kappa shape index (κ1) is 25.3. The lowest BCUT2D eigenvalue weighted by atomic mass is 10.0. The third-order valence-electron chi connectivity index (χ3n) is 4.17. The fourth-order valence-corrected chi connectivity index (χ4v) is 3.07. The topological polar surface area (TPSA) is 94.8 Å². The summed E-state index contributed by atoms with van der Waals surface area (Å²) in [7, 11) is 0. The molecular formula is C18H12BrF7N6O2. The van der Waals surface area contributed by atoms with E-state index in [1.165, 1.54) is 6.92 Å². The number of hydrogen-bond donors (Lipinski definition) is 1. The SMILES string of the molecule is CC(NC(=O)c1cc(C(F)F)cc(C(F)(F)F)c1)c1nc(Br)nn1-c1ncc(OC(F)F)cn1. The Morgan fingerprint density at radius 3 is 2.32 bits per heavy atom. The minimum Gasteiger partial charge on any atom is -0.432 e. The van der Waals surface area contributed by atoms with Crippen molar-refractivity contribution < 1.29 is 40.3 Å². The molecule has 1 amide bonds. The van der Waals surface area contributed by atoms with Crippen molar-refractivity contribution >= 4 is 21.8 Å². The minimum absolute atomic E-state index is 0.0104. The number of carbonyl (C=O) groups excluding carboxylic acids is 1. The van der Waals surface area contributed by atoms with Gasteiger partial charge in [0, 0.05) is 11.1 Å². The molecule has 0 saturated carbocycles. The second-order valence-electron chi connectivity index (χ2n) is 6.59. The first-order valence-corrected chi connectivity index (χ1v) is 9.85. The van der Waals surface area contributed by atoms with Gasteiger partial charge < -0.3 is 10.1 Å². The third kappa shape index (κ3) is 5.98. The molecule has 0 aliphatic carbocycles. The van der Waals surface area contributed by atoms with Crippen LogP contribution in [0.2, 0.25) is 0 Å². The van der Waals surface area contributed by atoms with E-state index in [1.54, 1.807) is 0 Å². The fourth-order valence-electron chi connectivity index (χ4n) is 2.72. The molecule has 1 atom stereocenters. The molecule has 8 nitrogen and oxygen atoms in total. The molecule has 0 saturated heterocycles. The Hall–Kier alpha value is -3.30. The molecule has 3 aromatic rings. The molecule has 3 rings (SSSR count). The lowest BCUT2D eigenvalue weighted by molar-refractivity contribution is -0.137. The van der Waals surface area contributed by atoms with Crippen LogP contribution in [0.25, 0.3) is 5.95 Å². The van der Waals surface area contributed by atoms with Gasteiger partial charge in [0.15, 0.2) is 11.6 Å². The van der Waals surface area contributed by atoms with Crippen molar-refractivity contribution in [2.24, 2.45) is 0 Å². The fraction of sp³-hybridized carbons (Fsp3) is 0.278. The zero-order valence-corrected chi connectivity index (χ0v) is 18.3. The highest BCUT2D eigenvalue weighted by Crippen LogP contribution is 2.33. The monoisotopic (exact) mass is 556 g/mol. The molecule has 2 heterocycles. The van der Waals surface area contributed by atoms with Gasteiger partial charge in [0.1, 0.15) is 0 Å². The molecule has 0 aliphatic heterocycles. The molecule has 34 heavy (non-hydrogen) atoms. The normalized spacial score (nSPS) is 12.8. The van der Waals surface area contributed by atoms with Gasteiger partial charge in [-0.25, -0.2) is 23.7 Å². The number of benzene rings is 1. The second-order valence-corrected chi connectivity index (χ2v) is 7.29. The molecule has 1 N–H and O–H groups in total. The van der Waals surface area contributed by atoms with Crippen LogP contribution in [0.1, 0.15) is 46.7 Å². The molecule has 1 unspecified atom stereocenters. The lowest BCUT2D eigenvalue weighted by Gasteiger charge is -2.16. The van der Waals surface area contributed by atoms with Crippen molar-refractivity contribution in [2.75, 3.05) is 0 Å². The van der Waals surface area contributed by atoms with Gasteiger partial charge in [-0.1, -0.05) is 0 Å². The number of aromatic nitrogens is 5. The molecule has 182 valence electrons. The summed E-state index contributed by atoms with van der Waals surface area (Å²) in [5, 5.41) is 6.31. The van der Waals surface area contributed by atoms with Gasteiger partial charge in [-0.2, -0.15) is 26.6 Å². The molecule has 2 aromatic heterocycles. The maximum absolute atomic E-state index is 13.1. The molecule has 16 heteroatoms. The number of rotatable bonds is 7. The van der Waals surface area contributed by atoms with Gasteiger partial charge in [-0.15, -0.1) is 5.10 Å². The maximum Gasteiger partial charge on any atom is 0.416 e. The summed E-state index contributed by atoms with van der Waals surface area (Å²) in [6.07, 6.45) is -6.31. The number of nitrogens with zero attached hydrogens (tertiary/aromatic N) is 5. The molecule has 0 spiro atoms. The van der Waals surface area contributed by atoms with Crippen LogP contribution in [0.5, 0.6) is 5.75 Å². The van der Waals surface area contributed by atoms with E-state index >= 15 is 0 Å². The van der Waals surface area contributed by atoms with Crippen LogP contribution in [-0.2, 0) is 6.18 Å². The number of alkyl halides is 7. The standard InChI is InChI=1S/C18H12BrF7N6O2/c1-7(29-14(33)9-2-8(12(20)21)3-10(4-9)18(24,25)26)13-30-15(19)31-32(13)17-27-5-11(6-28-17)34-16(22)23/h2-7,12,16H,1H3,(H,29,33). The Labute approximate surface area is 194 Å². The van der Waals surface area contributed by atoms with Gasteiger partial charge in [-0.05, 0) is 41.1 Å². The molecular weight excluding hydrogens is 545 g/mol. The predicted octanol–water partition coefficient (Wildman–Crippen LogP) is 4.87. The van der Waals surface area contributed by atoms with E-state index in [2.05, 4.69) is 46.0 Å². The molecule has 0 radical (unpaired) electrons. The number of hydrogen-bond acceptors (Lipinski definition) is 6. The van der Waals surface area contributed by atoms with Crippen LogP contribution < -0.4 is 10.1 Å². The quantitative estimate of drug-likeness (QED) is 0.417. The van der Waals surface area contributed by atoms with E-state index in [1.807, 2.05) is 0 Å². The Kier molecular flexibility index (Phi) is 7.38. The van der Waals surface area contributed by atoms with Crippen molar-refractivity contribution in [1.29, 1.82) is 0 Å². The number of ether oxygens (including phenoxy) is 1. The summed E-state index contributed by atoms with van der Waals surface area (Å²) in [6.45, 7) is -1.71. The van der Waals surface area contributed by atoms with Gasteiger partial charge in [0.2, 0.25) is 4.73 Å². The smallest absolute Gasteiger partial charge is 0.416 e. The summed E-state index contributed by atoms with van der Waals surface area (Å²) in [5.74, 6) is -1.59. The zero-order chi connectivity index (χ0) is 25.2. The van der Waals surface area contributed by atoms with Gasteiger partial charge in [0.25, 0.3) is 18.3 Å². The molecule has 0 fully saturated rings. The Balaban J connectivity index is 1.88. The van der Waals surface area contributed by atoms with Crippen molar-refractivity contribution in [3.05, 3.63) is 57.8 Å². The van der Waals surface area contributed by atoms with E-state index in [0.717, 1.165) is 17.1 Å². The van der Waals surface area contributed by atoms with Gasteiger partial charge >= 0.3 is 12.8 Å². The van der Waals surface area contributed by atoms with Gasteiger partial charge in [0.05, 0.1) is 24.0 Å². The van der Waals surface area contributed by atoms with Crippen LogP contribution in [-0.4, -0.2) is 37.3 Å².